The van der Waals surface area contributed by atoms with Crippen molar-refractivity contribution in [1.82, 2.24) is 20.5 Å². The first-order valence-corrected chi connectivity index (χ1v) is 10.7. The van der Waals surface area contributed by atoms with Gasteiger partial charge in [-0.1, -0.05) is 25.8 Å². The molecule has 0 saturated carbocycles. The molecule has 0 spiro atoms. The molecule has 0 radical (unpaired) electrons. The highest BCUT2D eigenvalue weighted by atomic mass is 127. The van der Waals surface area contributed by atoms with Gasteiger partial charge in [0.25, 0.3) is 0 Å². The van der Waals surface area contributed by atoms with Crippen molar-refractivity contribution in [3.63, 3.8) is 0 Å². The van der Waals surface area contributed by atoms with Crippen LogP contribution in [0.1, 0.15) is 51.0 Å². The van der Waals surface area contributed by atoms with Gasteiger partial charge < -0.3 is 15.5 Å². The monoisotopic (exact) mass is 500 g/mol. The summed E-state index contributed by atoms with van der Waals surface area (Å²) >= 11 is 0. The van der Waals surface area contributed by atoms with Gasteiger partial charge in [-0.15, -0.1) is 24.0 Å². The Morgan fingerprint density at radius 1 is 1.11 bits per heavy atom. The quantitative estimate of drug-likeness (QED) is 0.357. The number of aliphatic imine (C=N–C) groups is 1. The summed E-state index contributed by atoms with van der Waals surface area (Å²) in [7, 11) is 1.84. The fourth-order valence-corrected chi connectivity index (χ4v) is 4.17. The molecule has 7 heteroatoms. The van der Waals surface area contributed by atoms with Crippen molar-refractivity contribution in [2.24, 2.45) is 4.99 Å². The van der Waals surface area contributed by atoms with Crippen LogP contribution in [0.15, 0.2) is 23.3 Å². The third-order valence-corrected chi connectivity index (χ3v) is 5.83. The second-order valence-corrected chi connectivity index (χ2v) is 7.66. The van der Waals surface area contributed by atoms with Crippen LogP contribution in [-0.2, 0) is 6.54 Å². The summed E-state index contributed by atoms with van der Waals surface area (Å²) in [6.07, 6.45) is 9.84. The average Bonchev–Trinajstić information content (AvgIpc) is 2.99. The summed E-state index contributed by atoms with van der Waals surface area (Å²) in [5.74, 6) is 1.98. The molecule has 3 heterocycles. The normalized spacial score (nSPS) is 21.1. The van der Waals surface area contributed by atoms with Gasteiger partial charge in [0.05, 0.1) is 0 Å². The van der Waals surface area contributed by atoms with E-state index in [0.29, 0.717) is 6.04 Å². The van der Waals surface area contributed by atoms with Crippen molar-refractivity contribution in [3.8, 4) is 0 Å². The van der Waals surface area contributed by atoms with Gasteiger partial charge in [-0.25, -0.2) is 4.98 Å². The predicted octanol–water partition coefficient (Wildman–Crippen LogP) is 3.23. The van der Waals surface area contributed by atoms with E-state index in [2.05, 4.69) is 44.5 Å². The number of rotatable bonds is 6. The first-order valence-electron chi connectivity index (χ1n) is 10.7. The lowest BCUT2D eigenvalue weighted by Gasteiger charge is -2.24. The van der Waals surface area contributed by atoms with Crippen molar-refractivity contribution >= 4 is 35.8 Å². The van der Waals surface area contributed by atoms with Crippen molar-refractivity contribution < 1.29 is 0 Å². The summed E-state index contributed by atoms with van der Waals surface area (Å²) in [5.41, 5.74) is 1.19. The van der Waals surface area contributed by atoms with Crippen LogP contribution in [0, 0.1) is 0 Å². The number of nitrogens with one attached hydrogen (secondary N) is 2. The smallest absolute Gasteiger partial charge is 0.191 e. The number of pyridine rings is 1. The Morgan fingerprint density at radius 3 is 2.54 bits per heavy atom. The lowest BCUT2D eigenvalue weighted by atomic mass is 10.2. The summed E-state index contributed by atoms with van der Waals surface area (Å²) in [6.45, 7) is 8.58. The van der Waals surface area contributed by atoms with Crippen molar-refractivity contribution in [1.29, 1.82) is 0 Å². The topological polar surface area (TPSA) is 55.8 Å². The minimum atomic E-state index is 0. The lowest BCUT2D eigenvalue weighted by molar-refractivity contribution is 0.267. The van der Waals surface area contributed by atoms with E-state index >= 15 is 0 Å². The van der Waals surface area contributed by atoms with E-state index < -0.39 is 0 Å². The highest BCUT2D eigenvalue weighted by molar-refractivity contribution is 14.0. The Hall–Kier alpha value is -1.09. The zero-order valence-corrected chi connectivity index (χ0v) is 19.8. The van der Waals surface area contributed by atoms with Gasteiger partial charge in [0, 0.05) is 45.5 Å². The van der Waals surface area contributed by atoms with E-state index in [1.807, 2.05) is 13.2 Å². The van der Waals surface area contributed by atoms with Crippen LogP contribution < -0.4 is 15.5 Å². The molecular weight excluding hydrogens is 463 g/mol. The molecule has 158 valence electrons. The minimum absolute atomic E-state index is 0. The number of aromatic nitrogens is 1. The van der Waals surface area contributed by atoms with Crippen LogP contribution in [0.3, 0.4) is 0 Å². The van der Waals surface area contributed by atoms with Gasteiger partial charge in [-0.3, -0.25) is 9.89 Å². The number of halogens is 1. The molecule has 0 aliphatic carbocycles. The molecule has 2 fully saturated rings. The SMILES string of the molecule is CCN1CCCC1CNC(=NC)NCc1ccc(N2CCCCCC2)nc1.I. The highest BCUT2D eigenvalue weighted by Crippen LogP contribution is 2.17. The minimum Gasteiger partial charge on any atom is -0.357 e. The maximum Gasteiger partial charge on any atom is 0.191 e. The second-order valence-electron chi connectivity index (χ2n) is 7.66. The van der Waals surface area contributed by atoms with Crippen LogP contribution in [-0.4, -0.2) is 61.7 Å². The molecule has 1 unspecified atom stereocenters. The second kappa shape index (κ2) is 12.5. The number of anilines is 1. The summed E-state index contributed by atoms with van der Waals surface area (Å²) in [6, 6.07) is 4.97. The average molecular weight is 500 g/mol. The Kier molecular flexibility index (Phi) is 10.3. The number of likely N-dealkylation sites (tertiary alicyclic amines) is 1. The number of nitrogens with zero attached hydrogens (tertiary/aromatic N) is 4. The fraction of sp³-hybridized carbons (Fsp3) is 0.714. The van der Waals surface area contributed by atoms with Crippen molar-refractivity contribution in [2.75, 3.05) is 44.7 Å². The highest BCUT2D eigenvalue weighted by Gasteiger charge is 2.22. The zero-order valence-electron chi connectivity index (χ0n) is 17.5. The van der Waals surface area contributed by atoms with Crippen LogP contribution in [0.5, 0.6) is 0 Å². The van der Waals surface area contributed by atoms with E-state index in [-0.39, 0.29) is 24.0 Å². The van der Waals surface area contributed by atoms with E-state index in [0.717, 1.165) is 44.5 Å². The summed E-state index contributed by atoms with van der Waals surface area (Å²) < 4.78 is 0. The fourth-order valence-electron chi connectivity index (χ4n) is 4.17. The van der Waals surface area contributed by atoms with E-state index in [1.165, 1.54) is 50.6 Å². The standard InChI is InChI=1S/C21H36N6.HI/c1-3-26-14-8-9-19(26)17-25-21(22-2)24-16-18-10-11-20(23-15-18)27-12-6-4-5-7-13-27;/h10-11,15,19H,3-9,12-14,16-17H2,1-2H3,(H2,22,24,25);1H. The van der Waals surface area contributed by atoms with Gasteiger partial charge in [0.1, 0.15) is 5.82 Å². The number of likely N-dealkylation sites (N-methyl/N-ethyl adjacent to an activating group) is 1. The Labute approximate surface area is 187 Å². The first kappa shape index (κ1) is 23.2. The van der Waals surface area contributed by atoms with Gasteiger partial charge in [-0.05, 0) is 50.4 Å². The molecule has 1 atom stereocenters. The maximum absolute atomic E-state index is 4.70. The van der Waals surface area contributed by atoms with Crippen LogP contribution in [0.4, 0.5) is 5.82 Å². The third-order valence-electron chi connectivity index (χ3n) is 5.83. The molecule has 1 aromatic rings. The molecule has 0 aromatic carbocycles. The van der Waals surface area contributed by atoms with E-state index in [9.17, 15) is 0 Å². The molecule has 2 aliphatic rings. The molecule has 0 bridgehead atoms. The number of hydrogen-bond donors (Lipinski definition) is 2. The lowest BCUT2D eigenvalue weighted by Crippen LogP contribution is -2.44. The molecule has 2 N–H and O–H groups in total. The van der Waals surface area contributed by atoms with Crippen LogP contribution in [0.25, 0.3) is 0 Å². The molecule has 28 heavy (non-hydrogen) atoms. The summed E-state index contributed by atoms with van der Waals surface area (Å²) in [5, 5.41) is 6.90. The molecule has 1 aromatic heterocycles. The molecule has 3 rings (SSSR count). The molecule has 6 nitrogen and oxygen atoms in total. The Morgan fingerprint density at radius 2 is 1.89 bits per heavy atom. The molecular formula is C21H37IN6. The zero-order chi connectivity index (χ0) is 18.9. The van der Waals surface area contributed by atoms with Crippen molar-refractivity contribution in [3.05, 3.63) is 23.9 Å². The van der Waals surface area contributed by atoms with Crippen LogP contribution in [0.2, 0.25) is 0 Å². The summed E-state index contributed by atoms with van der Waals surface area (Å²) in [4.78, 5) is 14.0. The van der Waals surface area contributed by atoms with Crippen molar-refractivity contribution in [2.45, 2.75) is 58.0 Å². The van der Waals surface area contributed by atoms with Crippen LogP contribution >= 0.6 is 24.0 Å². The number of guanidine groups is 1. The third kappa shape index (κ3) is 6.76. The van der Waals surface area contributed by atoms with Gasteiger partial charge in [-0.2, -0.15) is 0 Å². The van der Waals surface area contributed by atoms with Gasteiger partial charge in [0.2, 0.25) is 0 Å². The maximum atomic E-state index is 4.70. The van der Waals surface area contributed by atoms with E-state index in [1.54, 1.807) is 0 Å². The molecule has 2 aliphatic heterocycles. The Balaban J connectivity index is 0.00000280. The van der Waals surface area contributed by atoms with E-state index in [4.69, 9.17) is 4.98 Å². The predicted molar refractivity (Wildman–Crippen MR) is 129 cm³/mol. The Bertz CT molecular complexity index is 583. The van der Waals surface area contributed by atoms with Gasteiger partial charge in [0.15, 0.2) is 5.96 Å². The van der Waals surface area contributed by atoms with Gasteiger partial charge >= 0.3 is 0 Å². The first-order chi connectivity index (χ1) is 13.3. The largest absolute Gasteiger partial charge is 0.357 e. The molecule has 2 saturated heterocycles. The number of hydrogen-bond acceptors (Lipinski definition) is 4. The molecule has 0 amide bonds.